The average Bonchev–Trinajstić information content (AvgIpc) is 3.15. The minimum Gasteiger partial charge on any atom is -0.497 e. The van der Waals surface area contributed by atoms with Gasteiger partial charge in [-0.2, -0.15) is 5.10 Å². The van der Waals surface area contributed by atoms with Crippen LogP contribution in [0.25, 0.3) is 21.9 Å². The van der Waals surface area contributed by atoms with Gasteiger partial charge in [0, 0.05) is 23.1 Å². The van der Waals surface area contributed by atoms with Gasteiger partial charge in [-0.05, 0) is 18.2 Å². The van der Waals surface area contributed by atoms with Gasteiger partial charge in [-0.1, -0.05) is 0 Å². The molecule has 0 spiro atoms. The largest absolute Gasteiger partial charge is 0.497 e. The zero-order valence-corrected chi connectivity index (χ0v) is 17.3. The molecule has 0 saturated heterocycles. The average molecular weight is 424 g/mol. The molecule has 0 atom stereocenters. The molecule has 0 fully saturated rings. The Kier molecular flexibility index (Phi) is 5.12. The lowest BCUT2D eigenvalue weighted by Gasteiger charge is -2.07. The second-order valence-corrected chi connectivity index (χ2v) is 6.53. The van der Waals surface area contributed by atoms with Gasteiger partial charge in [0.1, 0.15) is 17.0 Å². The molecule has 0 unspecified atom stereocenters. The molecule has 0 saturated carbocycles. The zero-order chi connectivity index (χ0) is 22.1. The Hall–Kier alpha value is -4.21. The number of hydrogen-bond donors (Lipinski definition) is 2. The number of fused-ring (bicyclic) bond motifs is 3. The molecule has 4 aromatic rings. The first-order chi connectivity index (χ1) is 15.0. The summed E-state index contributed by atoms with van der Waals surface area (Å²) in [5.41, 5.74) is 0.455. The number of hydrogen-bond acceptors (Lipinski definition) is 7. The summed E-state index contributed by atoms with van der Waals surface area (Å²) >= 11 is 0. The maximum absolute atomic E-state index is 13.0. The predicted molar refractivity (Wildman–Crippen MR) is 116 cm³/mol. The summed E-state index contributed by atoms with van der Waals surface area (Å²) in [5.74, 6) is 2.06. The summed E-state index contributed by atoms with van der Waals surface area (Å²) in [5, 5.41) is 4.69. The Labute approximate surface area is 175 Å². The van der Waals surface area contributed by atoms with Gasteiger partial charge >= 0.3 is 11.2 Å². The third-order valence-electron chi connectivity index (χ3n) is 4.89. The number of H-pyrrole nitrogens is 2. The van der Waals surface area contributed by atoms with Crippen molar-refractivity contribution in [3.63, 3.8) is 0 Å². The molecule has 10 nitrogen and oxygen atoms in total. The van der Waals surface area contributed by atoms with E-state index < -0.39 is 11.2 Å². The van der Waals surface area contributed by atoms with Crippen LogP contribution in [-0.4, -0.2) is 49.3 Å². The smallest absolute Gasteiger partial charge is 0.350 e. The number of nitrogens with zero attached hydrogens (tertiary/aromatic N) is 2. The molecule has 10 heteroatoms. The maximum atomic E-state index is 13.0. The summed E-state index contributed by atoms with van der Waals surface area (Å²) in [6.45, 7) is 0. The van der Waals surface area contributed by atoms with E-state index in [-0.39, 0.29) is 5.52 Å². The third kappa shape index (κ3) is 3.37. The summed E-state index contributed by atoms with van der Waals surface area (Å²) in [7, 11) is 6.08. The monoisotopic (exact) mass is 424 g/mol. The van der Waals surface area contributed by atoms with Gasteiger partial charge in [-0.3, -0.25) is 4.79 Å². The Morgan fingerprint density at radius 3 is 2.23 bits per heavy atom. The molecule has 4 rings (SSSR count). The lowest BCUT2D eigenvalue weighted by atomic mass is 10.2. The van der Waals surface area contributed by atoms with Crippen LogP contribution in [0, 0.1) is 0 Å². The highest BCUT2D eigenvalue weighted by Gasteiger charge is 2.16. The van der Waals surface area contributed by atoms with Crippen molar-refractivity contribution in [2.45, 2.75) is 0 Å². The standard InChI is InChI=1S/C21H20N4O6/c1-28-12-6-5-11(15(7-12)29-2)10-22-25-20(26)19-18(24-21(25)27)13-8-16(30-3)17(31-4)9-14(13)23-19/h5-10,23H,1-4H3,(H,24,27). The second-order valence-electron chi connectivity index (χ2n) is 6.53. The molecule has 2 aromatic carbocycles. The summed E-state index contributed by atoms with van der Waals surface area (Å²) in [4.78, 5) is 31.3. The molecule has 0 aliphatic heterocycles. The van der Waals surface area contributed by atoms with Crippen molar-refractivity contribution in [1.82, 2.24) is 14.6 Å². The Balaban J connectivity index is 1.86. The van der Waals surface area contributed by atoms with E-state index in [1.54, 1.807) is 37.4 Å². The molecule has 2 N–H and O–H groups in total. The number of nitrogens with one attached hydrogen (secondary N) is 2. The van der Waals surface area contributed by atoms with Crippen LogP contribution >= 0.6 is 0 Å². The van der Waals surface area contributed by atoms with E-state index >= 15 is 0 Å². The van der Waals surface area contributed by atoms with Crippen LogP contribution in [-0.2, 0) is 0 Å². The van der Waals surface area contributed by atoms with E-state index in [2.05, 4.69) is 15.1 Å². The molecule has 0 aliphatic carbocycles. The SMILES string of the molecule is COc1ccc(C=Nn2c(=O)[nH]c3c([nH]c4cc(OC)c(OC)cc43)c2=O)c(OC)c1. The Bertz CT molecular complexity index is 1430. The molecular formula is C21H20N4O6. The number of benzene rings is 2. The summed E-state index contributed by atoms with van der Waals surface area (Å²) < 4.78 is 21.8. The molecule has 0 radical (unpaired) electrons. The Morgan fingerprint density at radius 2 is 1.55 bits per heavy atom. The highest BCUT2D eigenvalue weighted by atomic mass is 16.5. The summed E-state index contributed by atoms with van der Waals surface area (Å²) in [6, 6.07) is 8.49. The van der Waals surface area contributed by atoms with Crippen LogP contribution in [0.3, 0.4) is 0 Å². The molecule has 0 amide bonds. The highest BCUT2D eigenvalue weighted by Crippen LogP contribution is 2.34. The fourth-order valence-corrected chi connectivity index (χ4v) is 3.32. The zero-order valence-electron chi connectivity index (χ0n) is 17.3. The Morgan fingerprint density at radius 1 is 0.839 bits per heavy atom. The topological polar surface area (TPSA) is 120 Å². The van der Waals surface area contributed by atoms with Crippen molar-refractivity contribution >= 4 is 28.2 Å². The van der Waals surface area contributed by atoms with Gasteiger partial charge in [-0.15, -0.1) is 4.68 Å². The summed E-state index contributed by atoms with van der Waals surface area (Å²) in [6.07, 6.45) is 1.37. The lowest BCUT2D eigenvalue weighted by molar-refractivity contribution is 0.356. The predicted octanol–water partition coefficient (Wildman–Crippen LogP) is 2.09. The fourth-order valence-electron chi connectivity index (χ4n) is 3.32. The second kappa shape index (κ2) is 7.90. The van der Waals surface area contributed by atoms with Crippen LogP contribution in [0.1, 0.15) is 5.56 Å². The number of aromatic nitrogens is 3. The van der Waals surface area contributed by atoms with E-state index in [4.69, 9.17) is 18.9 Å². The van der Waals surface area contributed by atoms with Gasteiger partial charge in [0.05, 0.1) is 45.7 Å². The number of methoxy groups -OCH3 is 4. The molecular weight excluding hydrogens is 404 g/mol. The van der Waals surface area contributed by atoms with Crippen molar-refractivity contribution in [3.8, 4) is 23.0 Å². The van der Waals surface area contributed by atoms with Gasteiger partial charge in [0.15, 0.2) is 11.5 Å². The quantitative estimate of drug-likeness (QED) is 0.458. The van der Waals surface area contributed by atoms with Crippen molar-refractivity contribution in [3.05, 3.63) is 56.7 Å². The van der Waals surface area contributed by atoms with E-state index in [0.717, 1.165) is 4.68 Å². The minimum absolute atomic E-state index is 0.198. The fraction of sp³-hybridized carbons (Fsp3) is 0.190. The molecule has 31 heavy (non-hydrogen) atoms. The van der Waals surface area contributed by atoms with Gasteiger partial charge < -0.3 is 28.9 Å². The van der Waals surface area contributed by atoms with Crippen LogP contribution in [0.4, 0.5) is 0 Å². The van der Waals surface area contributed by atoms with Gasteiger partial charge in [0.2, 0.25) is 0 Å². The van der Waals surface area contributed by atoms with Crippen LogP contribution in [0.5, 0.6) is 23.0 Å². The minimum atomic E-state index is -0.683. The molecule has 2 aromatic heterocycles. The van der Waals surface area contributed by atoms with Crippen LogP contribution in [0.2, 0.25) is 0 Å². The number of ether oxygens (including phenoxy) is 4. The van der Waals surface area contributed by atoms with Crippen LogP contribution in [0.15, 0.2) is 45.0 Å². The lowest BCUT2D eigenvalue weighted by Crippen LogP contribution is -2.32. The first-order valence-corrected chi connectivity index (χ1v) is 9.19. The van der Waals surface area contributed by atoms with E-state index in [9.17, 15) is 9.59 Å². The molecule has 2 heterocycles. The maximum Gasteiger partial charge on any atom is 0.350 e. The van der Waals surface area contributed by atoms with Crippen molar-refractivity contribution < 1.29 is 18.9 Å². The first kappa shape index (κ1) is 20.1. The van der Waals surface area contributed by atoms with Crippen LogP contribution < -0.4 is 30.2 Å². The van der Waals surface area contributed by atoms with Gasteiger partial charge in [-0.25, -0.2) is 4.79 Å². The van der Waals surface area contributed by atoms with E-state index in [1.807, 2.05) is 0 Å². The highest BCUT2D eigenvalue weighted by molar-refractivity contribution is 6.05. The normalized spacial score (nSPS) is 11.4. The van der Waals surface area contributed by atoms with Crippen molar-refractivity contribution in [2.75, 3.05) is 28.4 Å². The van der Waals surface area contributed by atoms with E-state index in [1.165, 1.54) is 27.5 Å². The van der Waals surface area contributed by atoms with Crippen molar-refractivity contribution in [1.29, 1.82) is 0 Å². The number of aromatic amines is 2. The molecule has 0 aliphatic rings. The van der Waals surface area contributed by atoms with Gasteiger partial charge in [0.25, 0.3) is 0 Å². The van der Waals surface area contributed by atoms with E-state index in [0.29, 0.717) is 45.0 Å². The molecule has 0 bridgehead atoms. The van der Waals surface area contributed by atoms with Crippen molar-refractivity contribution in [2.24, 2.45) is 5.10 Å². The molecule has 160 valence electrons. The number of rotatable bonds is 6. The first-order valence-electron chi connectivity index (χ1n) is 9.19. The third-order valence-corrected chi connectivity index (χ3v) is 4.89.